The van der Waals surface area contributed by atoms with Gasteiger partial charge in [-0.2, -0.15) is 6.07 Å². The van der Waals surface area contributed by atoms with E-state index in [4.69, 9.17) is 9.72 Å². The van der Waals surface area contributed by atoms with E-state index in [-0.39, 0.29) is 42.7 Å². The molecule has 0 fully saturated rings. The van der Waals surface area contributed by atoms with Crippen molar-refractivity contribution in [2.45, 2.75) is 105 Å². The number of ether oxygens (including phenoxy) is 1. The van der Waals surface area contributed by atoms with E-state index < -0.39 is 0 Å². The molecule has 0 bridgehead atoms. The first-order valence-corrected chi connectivity index (χ1v) is 26.4. The summed E-state index contributed by atoms with van der Waals surface area (Å²) in [7, 11) is 0. The zero-order chi connectivity index (χ0) is 52.3. The van der Waals surface area contributed by atoms with Gasteiger partial charge in [0.2, 0.25) is 0 Å². The van der Waals surface area contributed by atoms with Crippen LogP contribution in [0.25, 0.3) is 82.1 Å². The van der Waals surface area contributed by atoms with Crippen LogP contribution in [0.4, 0.5) is 11.4 Å². The van der Waals surface area contributed by atoms with E-state index in [1.165, 1.54) is 49.4 Å². The van der Waals surface area contributed by atoms with Crippen molar-refractivity contribution in [3.05, 3.63) is 211 Å². The van der Waals surface area contributed by atoms with Gasteiger partial charge in [0, 0.05) is 50.0 Å². The predicted molar refractivity (Wildman–Crippen MR) is 317 cm³/mol. The molecule has 11 aromatic rings. The van der Waals surface area contributed by atoms with E-state index in [2.05, 4.69) is 274 Å². The molecule has 0 saturated carbocycles. The van der Waals surface area contributed by atoms with Crippen LogP contribution in [0.15, 0.2) is 170 Å². The van der Waals surface area contributed by atoms with Gasteiger partial charge in [0.1, 0.15) is 5.82 Å². The van der Waals surface area contributed by atoms with Gasteiger partial charge in [0.15, 0.2) is 0 Å². The Kier molecular flexibility index (Phi) is 12.3. The summed E-state index contributed by atoms with van der Waals surface area (Å²) in [5.41, 5.74) is 13.1. The van der Waals surface area contributed by atoms with Crippen LogP contribution in [-0.4, -0.2) is 14.1 Å². The molecule has 384 valence electrons. The summed E-state index contributed by atoms with van der Waals surface area (Å²) in [5.74, 6) is 2.07. The Balaban J connectivity index is 0.00000616. The third kappa shape index (κ3) is 8.81. The molecule has 0 spiro atoms. The number of rotatable bonds is 5. The molecule has 76 heavy (non-hydrogen) atoms. The minimum absolute atomic E-state index is 0. The van der Waals surface area contributed by atoms with Gasteiger partial charge >= 0.3 is 0 Å². The monoisotopic (exact) mass is 1170 g/mol. The zero-order valence-electron chi connectivity index (χ0n) is 45.8. The van der Waals surface area contributed by atoms with E-state index in [1.54, 1.807) is 0 Å². The van der Waals surface area contributed by atoms with Crippen LogP contribution in [0.2, 0.25) is 0 Å². The number of aromatic nitrogens is 3. The van der Waals surface area contributed by atoms with Crippen molar-refractivity contribution >= 4 is 76.5 Å². The van der Waals surface area contributed by atoms with Crippen LogP contribution in [0.3, 0.4) is 0 Å². The van der Waals surface area contributed by atoms with Crippen LogP contribution < -0.4 is 9.64 Å². The molecular weight excluding hydrogens is 1110 g/mol. The van der Waals surface area contributed by atoms with Crippen molar-refractivity contribution in [2.24, 2.45) is 0 Å². The van der Waals surface area contributed by atoms with Crippen LogP contribution in [0.5, 0.6) is 11.5 Å². The fourth-order valence-electron chi connectivity index (χ4n) is 11.0. The van der Waals surface area contributed by atoms with E-state index in [0.717, 1.165) is 66.4 Å². The second-order valence-electron chi connectivity index (χ2n) is 24.7. The van der Waals surface area contributed by atoms with Gasteiger partial charge < -0.3 is 18.8 Å². The molecule has 12 rings (SSSR count). The second-order valence-corrected chi connectivity index (χ2v) is 24.7. The maximum Gasteiger partial charge on any atom is 0.135 e. The largest absolute Gasteiger partial charge is 0.509 e. The van der Waals surface area contributed by atoms with Crippen molar-refractivity contribution in [2.75, 3.05) is 4.90 Å². The quantitative estimate of drug-likeness (QED) is 0.161. The van der Waals surface area contributed by atoms with E-state index in [1.807, 2.05) is 12.3 Å². The van der Waals surface area contributed by atoms with Gasteiger partial charge in [0.25, 0.3) is 0 Å². The minimum Gasteiger partial charge on any atom is -0.509 e. The summed E-state index contributed by atoms with van der Waals surface area (Å²) in [4.78, 5) is 7.25. The first kappa shape index (κ1) is 50.8. The Morgan fingerprint density at radius 2 is 0.987 bits per heavy atom. The number of pyridine rings is 1. The third-order valence-corrected chi connectivity index (χ3v) is 15.3. The van der Waals surface area contributed by atoms with Crippen molar-refractivity contribution in [3.63, 3.8) is 0 Å². The Hall–Kier alpha value is -7.33. The van der Waals surface area contributed by atoms with E-state index >= 15 is 0 Å². The fourth-order valence-corrected chi connectivity index (χ4v) is 11.0. The average Bonchev–Trinajstić information content (AvgIpc) is 4.00. The Labute approximate surface area is 462 Å². The molecule has 0 N–H and O–H groups in total. The fraction of sp³-hybridized carbons (Fsp3) is 0.229. The number of para-hydroxylation sites is 3. The van der Waals surface area contributed by atoms with E-state index in [9.17, 15) is 0 Å². The zero-order valence-corrected chi connectivity index (χ0v) is 48.0. The normalized spacial score (nSPS) is 13.0. The maximum absolute atomic E-state index is 7.02. The molecule has 0 amide bonds. The smallest absolute Gasteiger partial charge is 0.135 e. The first-order chi connectivity index (χ1) is 35.7. The van der Waals surface area contributed by atoms with Crippen LogP contribution in [0.1, 0.15) is 105 Å². The van der Waals surface area contributed by atoms with Crippen molar-refractivity contribution in [1.29, 1.82) is 0 Å². The average molecular weight is 1170 g/mol. The molecular formula is C70H65N4OPt-3. The molecule has 5 nitrogen and oxygen atoms in total. The van der Waals surface area contributed by atoms with Crippen LogP contribution in [-0.2, 0) is 42.7 Å². The van der Waals surface area contributed by atoms with Crippen LogP contribution >= 0.6 is 0 Å². The number of hydrogen-bond donors (Lipinski definition) is 0. The standard InChI is InChI=1S/C70H65N4O.Pt/c1-67(2,3)45-33-34-71-64(40-45)74-61-29-18-17-25-57(61)58-32-31-50(42-63(58)74)75-51-39-48(70(10,11)12)38-49(41-51)72-43-73-65-52(44-35-46(68(4,5)6)37-47(36-44)69(7,8)9)26-19-27-59(65)55-23-15-13-21-53(55)54-22-14-16-24-56(54)60-28-20-30-62(72)66(60)73;/h13-40,43H,1-12H3;/q-3;. The summed E-state index contributed by atoms with van der Waals surface area (Å²) >= 11 is 0. The molecule has 8 aromatic carbocycles. The molecule has 0 radical (unpaired) electrons. The molecule has 0 aliphatic carbocycles. The molecule has 1 aliphatic heterocycles. The molecule has 0 atom stereocenters. The summed E-state index contributed by atoms with van der Waals surface area (Å²) in [5, 5.41) is 9.32. The maximum atomic E-state index is 7.02. The number of fused-ring (bicyclic) bond motifs is 10. The van der Waals surface area contributed by atoms with Crippen molar-refractivity contribution in [3.8, 4) is 28.4 Å². The topological polar surface area (TPSA) is 35.2 Å². The third-order valence-electron chi connectivity index (χ3n) is 15.3. The molecule has 0 saturated heterocycles. The van der Waals surface area contributed by atoms with Gasteiger partial charge in [-0.15, -0.1) is 41.3 Å². The Morgan fingerprint density at radius 3 is 1.61 bits per heavy atom. The SMILES string of the molecule is CC(C)(C)c1cc(Oc2[c-]c3c(cc2)c2ccccc2n3-c2cc(C(C)(C)C)ccn2)[c-]c(N2[CH-]n3c4c(-c5cc(C(C)(C)C)cc(C(C)(C)C)c5)cccc4c4ccccc4c4ccccc4c4cccc2c43)c1.[Pt]. The summed E-state index contributed by atoms with van der Waals surface area (Å²) < 4.78 is 11.7. The molecule has 4 heterocycles. The number of benzene rings is 8. The summed E-state index contributed by atoms with van der Waals surface area (Å²) in [6.07, 6.45) is 1.92. The van der Waals surface area contributed by atoms with Crippen LogP contribution in [0, 0.1) is 18.8 Å². The molecule has 6 heteroatoms. The second kappa shape index (κ2) is 18.5. The molecule has 3 aromatic heterocycles. The Morgan fingerprint density at radius 1 is 0.447 bits per heavy atom. The minimum atomic E-state index is -0.220. The molecule has 1 aliphatic rings. The van der Waals surface area contributed by atoms with Gasteiger partial charge in [0.05, 0.1) is 0 Å². The number of nitrogens with zero attached hydrogens (tertiary/aromatic N) is 4. The van der Waals surface area contributed by atoms with Gasteiger partial charge in [-0.3, -0.25) is 0 Å². The van der Waals surface area contributed by atoms with Gasteiger partial charge in [-0.25, -0.2) is 4.98 Å². The molecule has 0 unspecified atom stereocenters. The van der Waals surface area contributed by atoms with Crippen molar-refractivity contribution < 1.29 is 25.8 Å². The number of hydrogen-bond acceptors (Lipinski definition) is 3. The van der Waals surface area contributed by atoms with Gasteiger partial charge in [-0.05, 0) is 129 Å². The summed E-state index contributed by atoms with van der Waals surface area (Å²) in [6, 6.07) is 67.7. The van der Waals surface area contributed by atoms with Crippen molar-refractivity contribution in [1.82, 2.24) is 14.1 Å². The van der Waals surface area contributed by atoms with Gasteiger partial charge in [-0.1, -0.05) is 210 Å². The Bertz CT molecular complexity index is 4150. The predicted octanol–water partition coefficient (Wildman–Crippen LogP) is 19.1. The number of anilines is 2. The first-order valence-electron chi connectivity index (χ1n) is 26.4. The van der Waals surface area contributed by atoms with E-state index in [0.29, 0.717) is 11.5 Å². The summed E-state index contributed by atoms with van der Waals surface area (Å²) in [6.45, 7) is 29.7.